The number of nitrogens with two attached hydrogens (primary N) is 1. The van der Waals surface area contributed by atoms with E-state index in [0.717, 1.165) is 16.9 Å². The number of hydrogen-bond acceptors (Lipinski definition) is 5. The van der Waals surface area contributed by atoms with Gasteiger partial charge in [0.2, 0.25) is 0 Å². The number of thiazole rings is 1. The molecular formula is C16H13ClN4S. The Kier molecular flexibility index (Phi) is 4.18. The molecule has 22 heavy (non-hydrogen) atoms. The molecule has 0 saturated carbocycles. The Balaban J connectivity index is 1.94. The molecule has 2 aromatic carbocycles. The summed E-state index contributed by atoms with van der Waals surface area (Å²) in [6.45, 7) is 2.04. The molecule has 1 aromatic heterocycles. The second kappa shape index (κ2) is 6.25. The second-order valence-electron chi connectivity index (χ2n) is 4.75. The molecule has 0 unspecified atom stereocenters. The van der Waals surface area contributed by atoms with Crippen LogP contribution in [0, 0.1) is 6.92 Å². The molecule has 0 aliphatic carbocycles. The number of nitrogen functional groups attached to an aromatic ring is 1. The number of nitrogens with zero attached hydrogens (tertiary/aromatic N) is 3. The summed E-state index contributed by atoms with van der Waals surface area (Å²) in [5, 5.41) is 10.3. The lowest BCUT2D eigenvalue weighted by Crippen LogP contribution is -1.83. The topological polar surface area (TPSA) is 63.6 Å². The Morgan fingerprint density at radius 1 is 1.00 bits per heavy atom. The van der Waals surface area contributed by atoms with E-state index in [9.17, 15) is 0 Å². The molecule has 2 N–H and O–H groups in total. The van der Waals surface area contributed by atoms with Gasteiger partial charge in [-0.3, -0.25) is 0 Å². The molecule has 3 aromatic rings. The van der Waals surface area contributed by atoms with Crippen molar-refractivity contribution in [1.29, 1.82) is 0 Å². The van der Waals surface area contributed by atoms with Crippen molar-refractivity contribution in [3.05, 3.63) is 59.1 Å². The van der Waals surface area contributed by atoms with Crippen LogP contribution in [-0.2, 0) is 0 Å². The molecular weight excluding hydrogens is 316 g/mol. The number of rotatable bonds is 3. The molecule has 6 heteroatoms. The van der Waals surface area contributed by atoms with Crippen LogP contribution in [0.2, 0.25) is 5.02 Å². The molecule has 0 fully saturated rings. The Morgan fingerprint density at radius 3 is 2.36 bits per heavy atom. The van der Waals surface area contributed by atoms with Gasteiger partial charge in [-0.25, -0.2) is 4.98 Å². The number of azo groups is 1. The molecule has 0 spiro atoms. The first-order chi connectivity index (χ1) is 10.6. The lowest BCUT2D eigenvalue weighted by atomic mass is 10.1. The zero-order valence-corrected chi connectivity index (χ0v) is 13.4. The summed E-state index contributed by atoms with van der Waals surface area (Å²) < 4.78 is 0. The number of anilines is 1. The van der Waals surface area contributed by atoms with Gasteiger partial charge in [0.15, 0.2) is 10.1 Å². The number of hydrogen-bond donors (Lipinski definition) is 1. The van der Waals surface area contributed by atoms with Gasteiger partial charge in [0.05, 0.1) is 5.69 Å². The van der Waals surface area contributed by atoms with E-state index < -0.39 is 0 Å². The normalized spacial score (nSPS) is 11.2. The SMILES string of the molecule is Cc1ccc(-c2nc(N)sc2N=Nc2ccc(Cl)cc2)cc1. The molecule has 4 nitrogen and oxygen atoms in total. The maximum absolute atomic E-state index is 5.85. The van der Waals surface area contributed by atoms with E-state index >= 15 is 0 Å². The number of aryl methyl sites for hydroxylation is 1. The molecule has 0 aliphatic rings. The summed E-state index contributed by atoms with van der Waals surface area (Å²) in [5.41, 5.74) is 9.47. The highest BCUT2D eigenvalue weighted by Crippen LogP contribution is 2.37. The largest absolute Gasteiger partial charge is 0.375 e. The van der Waals surface area contributed by atoms with E-state index in [0.29, 0.717) is 15.2 Å². The van der Waals surface area contributed by atoms with Gasteiger partial charge in [0.25, 0.3) is 0 Å². The lowest BCUT2D eigenvalue weighted by Gasteiger charge is -1.99. The first-order valence-corrected chi connectivity index (χ1v) is 7.82. The summed E-state index contributed by atoms with van der Waals surface area (Å²) in [6, 6.07) is 15.2. The summed E-state index contributed by atoms with van der Waals surface area (Å²) in [5.74, 6) is 0. The smallest absolute Gasteiger partial charge is 0.182 e. The minimum Gasteiger partial charge on any atom is -0.375 e. The van der Waals surface area contributed by atoms with Crippen LogP contribution < -0.4 is 5.73 Å². The first kappa shape index (κ1) is 14.7. The van der Waals surface area contributed by atoms with Gasteiger partial charge in [-0.05, 0) is 31.2 Å². The molecule has 0 aliphatic heterocycles. The third kappa shape index (κ3) is 3.32. The van der Waals surface area contributed by atoms with Crippen molar-refractivity contribution in [3.8, 4) is 11.3 Å². The number of benzene rings is 2. The van der Waals surface area contributed by atoms with Crippen LogP contribution >= 0.6 is 22.9 Å². The van der Waals surface area contributed by atoms with Crippen molar-refractivity contribution in [2.24, 2.45) is 10.2 Å². The van der Waals surface area contributed by atoms with E-state index in [1.54, 1.807) is 12.1 Å². The van der Waals surface area contributed by atoms with Crippen LogP contribution in [0.3, 0.4) is 0 Å². The second-order valence-corrected chi connectivity index (χ2v) is 6.19. The lowest BCUT2D eigenvalue weighted by molar-refractivity contribution is 1.24. The Hall–Kier alpha value is -2.24. The highest BCUT2D eigenvalue weighted by Gasteiger charge is 2.11. The van der Waals surface area contributed by atoms with Crippen molar-refractivity contribution in [2.45, 2.75) is 6.92 Å². The van der Waals surface area contributed by atoms with Crippen LogP contribution in [-0.4, -0.2) is 4.98 Å². The van der Waals surface area contributed by atoms with Crippen LogP contribution in [0.1, 0.15) is 5.56 Å². The maximum Gasteiger partial charge on any atom is 0.182 e. The molecule has 0 saturated heterocycles. The van der Waals surface area contributed by atoms with E-state index in [4.69, 9.17) is 17.3 Å². The van der Waals surface area contributed by atoms with Crippen molar-refractivity contribution in [3.63, 3.8) is 0 Å². The Morgan fingerprint density at radius 2 is 1.68 bits per heavy atom. The highest BCUT2D eigenvalue weighted by molar-refractivity contribution is 7.19. The quantitative estimate of drug-likeness (QED) is 0.620. The Labute approximate surface area is 137 Å². The van der Waals surface area contributed by atoms with E-state index in [1.807, 2.05) is 43.3 Å². The summed E-state index contributed by atoms with van der Waals surface area (Å²) in [4.78, 5) is 4.36. The summed E-state index contributed by atoms with van der Waals surface area (Å²) >= 11 is 7.17. The molecule has 0 bridgehead atoms. The van der Waals surface area contributed by atoms with Gasteiger partial charge in [-0.2, -0.15) is 0 Å². The van der Waals surface area contributed by atoms with Crippen molar-refractivity contribution >= 4 is 38.8 Å². The third-order valence-electron chi connectivity index (χ3n) is 3.03. The highest BCUT2D eigenvalue weighted by atomic mass is 35.5. The van der Waals surface area contributed by atoms with Gasteiger partial charge in [-0.1, -0.05) is 52.8 Å². The third-order valence-corrected chi connectivity index (χ3v) is 4.05. The fraction of sp³-hybridized carbons (Fsp3) is 0.0625. The van der Waals surface area contributed by atoms with E-state index in [-0.39, 0.29) is 0 Å². The summed E-state index contributed by atoms with van der Waals surface area (Å²) in [6.07, 6.45) is 0. The van der Waals surface area contributed by atoms with Gasteiger partial charge in [0, 0.05) is 10.6 Å². The average Bonchev–Trinajstić information content (AvgIpc) is 2.88. The predicted molar refractivity (Wildman–Crippen MR) is 92.3 cm³/mol. The first-order valence-electron chi connectivity index (χ1n) is 6.62. The zero-order chi connectivity index (χ0) is 15.5. The fourth-order valence-corrected chi connectivity index (χ4v) is 2.71. The maximum atomic E-state index is 5.85. The number of aromatic nitrogens is 1. The van der Waals surface area contributed by atoms with Crippen LogP contribution in [0.4, 0.5) is 15.8 Å². The minimum atomic E-state index is 0.473. The Bertz CT molecular complexity index is 807. The van der Waals surface area contributed by atoms with Crippen molar-refractivity contribution in [2.75, 3.05) is 5.73 Å². The monoisotopic (exact) mass is 328 g/mol. The van der Waals surface area contributed by atoms with Crippen LogP contribution in [0.25, 0.3) is 11.3 Å². The van der Waals surface area contributed by atoms with Gasteiger partial charge < -0.3 is 5.73 Å². The average molecular weight is 329 g/mol. The molecule has 0 radical (unpaired) electrons. The van der Waals surface area contributed by atoms with E-state index in [2.05, 4.69) is 15.2 Å². The molecule has 1 heterocycles. The molecule has 0 atom stereocenters. The molecule has 3 rings (SSSR count). The minimum absolute atomic E-state index is 0.473. The van der Waals surface area contributed by atoms with Crippen molar-refractivity contribution in [1.82, 2.24) is 4.98 Å². The molecule has 0 amide bonds. The standard InChI is InChI=1S/C16H13ClN4S/c1-10-2-4-11(5-3-10)14-15(22-16(18)19-14)21-20-13-8-6-12(17)7-9-13/h2-9H,1H3,(H2,18,19). The predicted octanol–water partition coefficient (Wildman–Crippen LogP) is 5.77. The van der Waals surface area contributed by atoms with E-state index in [1.165, 1.54) is 16.9 Å². The summed E-state index contributed by atoms with van der Waals surface area (Å²) in [7, 11) is 0. The van der Waals surface area contributed by atoms with Crippen LogP contribution in [0.15, 0.2) is 58.8 Å². The van der Waals surface area contributed by atoms with Gasteiger partial charge in [-0.15, -0.1) is 10.2 Å². The van der Waals surface area contributed by atoms with Crippen molar-refractivity contribution < 1.29 is 0 Å². The fourth-order valence-electron chi connectivity index (χ4n) is 1.91. The van der Waals surface area contributed by atoms with Crippen LogP contribution in [0.5, 0.6) is 0 Å². The molecule has 110 valence electrons. The van der Waals surface area contributed by atoms with Gasteiger partial charge in [0.1, 0.15) is 5.69 Å². The van der Waals surface area contributed by atoms with Gasteiger partial charge >= 0.3 is 0 Å². The number of halogens is 1. The zero-order valence-electron chi connectivity index (χ0n) is 11.8.